The van der Waals surface area contributed by atoms with Crippen LogP contribution < -0.4 is 0 Å². The van der Waals surface area contributed by atoms with E-state index in [0.29, 0.717) is 11.1 Å². The van der Waals surface area contributed by atoms with Gasteiger partial charge in [-0.1, -0.05) is 79.7 Å². The molecule has 1 saturated heterocycles. The van der Waals surface area contributed by atoms with E-state index in [1.54, 1.807) is 24.3 Å². The highest BCUT2D eigenvalue weighted by Crippen LogP contribution is 2.25. The number of esters is 4. The molecular formula is C52H76N4O14. The van der Waals surface area contributed by atoms with Gasteiger partial charge in [-0.05, 0) is 98.6 Å². The molecule has 0 spiro atoms. The number of amides is 4. The predicted molar refractivity (Wildman–Crippen MR) is 259 cm³/mol. The molecule has 8 atom stereocenters. The monoisotopic (exact) mass is 981 g/mol. The number of carbonyl (C=O) groups is 8. The first kappa shape index (κ1) is 58.1. The summed E-state index contributed by atoms with van der Waals surface area (Å²) in [7, 11) is 5.39. The van der Waals surface area contributed by atoms with Crippen LogP contribution in [-0.4, -0.2) is 154 Å². The lowest BCUT2D eigenvalue weighted by Crippen LogP contribution is -2.55. The van der Waals surface area contributed by atoms with Gasteiger partial charge in [-0.2, -0.15) is 0 Å². The number of cyclic esters (lactones) is 4. The van der Waals surface area contributed by atoms with Gasteiger partial charge in [-0.15, -0.1) is 0 Å². The summed E-state index contributed by atoms with van der Waals surface area (Å²) in [5.41, 5.74) is 0.975. The number of benzene rings is 2. The van der Waals surface area contributed by atoms with Crippen molar-refractivity contribution >= 4 is 47.5 Å². The van der Waals surface area contributed by atoms with Crippen molar-refractivity contribution in [2.75, 3.05) is 28.2 Å². The standard InChI is InChI=1S/C52H76N4O14/c1-29(2)23-39-49(63)67-33(9)45(59)53(11)42(26-32(7)8)52(66)70-44(28-36-17-21-38(58)22-18-36)48(62)56(14)40(24-30(3)4)50(64)68-34(10)46(60)54(12)41(25-31(5)6)51(65)69-43(47(61)55(39)13)27-35-15-19-37(57)20-16-35/h15-22,29-34,39-44,57-58H,23-28H2,1-14H3/t33-,34-,39+,40+,41+,42+,43-,44-/m1/s1. The van der Waals surface area contributed by atoms with Crippen molar-refractivity contribution in [3.05, 3.63) is 59.7 Å². The zero-order valence-corrected chi connectivity index (χ0v) is 43.4. The molecule has 18 heteroatoms. The molecule has 0 saturated carbocycles. The molecule has 0 radical (unpaired) electrons. The third kappa shape index (κ3) is 16.5. The highest BCUT2D eigenvalue weighted by molar-refractivity contribution is 5.94. The molecule has 18 nitrogen and oxygen atoms in total. The van der Waals surface area contributed by atoms with E-state index in [1.807, 2.05) is 55.4 Å². The molecule has 1 aliphatic heterocycles. The number of hydrogen-bond donors (Lipinski definition) is 2. The van der Waals surface area contributed by atoms with Crippen LogP contribution in [0.15, 0.2) is 48.5 Å². The average molecular weight is 981 g/mol. The van der Waals surface area contributed by atoms with Crippen molar-refractivity contribution in [2.24, 2.45) is 23.7 Å². The Morgan fingerprint density at radius 1 is 0.400 bits per heavy atom. The smallest absolute Gasteiger partial charge is 0.329 e. The maximum Gasteiger partial charge on any atom is 0.329 e. The number of likely N-dealkylation sites (N-methyl/N-ethyl adjacent to an activating group) is 4. The zero-order chi connectivity index (χ0) is 52.9. The van der Waals surface area contributed by atoms with Gasteiger partial charge in [0.15, 0.2) is 24.4 Å². The molecule has 0 unspecified atom stereocenters. The Balaban J connectivity index is 2.26. The number of aromatic hydroxyl groups is 2. The normalized spacial score (nSPS) is 24.8. The van der Waals surface area contributed by atoms with Gasteiger partial charge in [0.05, 0.1) is 0 Å². The zero-order valence-electron chi connectivity index (χ0n) is 43.4. The van der Waals surface area contributed by atoms with Crippen LogP contribution in [0.5, 0.6) is 11.5 Å². The number of phenols is 2. The van der Waals surface area contributed by atoms with Crippen molar-refractivity contribution in [2.45, 2.75) is 156 Å². The molecule has 3 rings (SSSR count). The van der Waals surface area contributed by atoms with E-state index in [2.05, 4.69) is 0 Å². The van der Waals surface area contributed by atoms with Crippen LogP contribution >= 0.6 is 0 Å². The first-order valence-corrected chi connectivity index (χ1v) is 24.1. The van der Waals surface area contributed by atoms with Crippen molar-refractivity contribution in [1.82, 2.24) is 19.6 Å². The number of phenolic OH excluding ortho intramolecular Hbond substituents is 2. The van der Waals surface area contributed by atoms with Gasteiger partial charge in [0.1, 0.15) is 35.7 Å². The molecule has 0 aliphatic carbocycles. The largest absolute Gasteiger partial charge is 0.508 e. The Labute approximate surface area is 412 Å². The summed E-state index contributed by atoms with van der Waals surface area (Å²) in [6.45, 7) is 17.2. The Morgan fingerprint density at radius 3 is 0.871 bits per heavy atom. The minimum atomic E-state index is -1.57. The third-order valence-electron chi connectivity index (χ3n) is 12.2. The fourth-order valence-electron chi connectivity index (χ4n) is 8.17. The number of rotatable bonds is 12. The van der Waals surface area contributed by atoms with Gasteiger partial charge in [0.25, 0.3) is 23.6 Å². The second-order valence-electron chi connectivity index (χ2n) is 20.1. The van der Waals surface area contributed by atoms with Crippen LogP contribution in [0.4, 0.5) is 0 Å². The van der Waals surface area contributed by atoms with E-state index < -0.39 is 96.1 Å². The van der Waals surface area contributed by atoms with Crippen LogP contribution in [0.3, 0.4) is 0 Å². The summed E-state index contributed by atoms with van der Waals surface area (Å²) < 4.78 is 23.6. The maximum atomic E-state index is 14.7. The maximum absolute atomic E-state index is 14.7. The van der Waals surface area contributed by atoms with Crippen LogP contribution in [0, 0.1) is 23.7 Å². The molecule has 1 aliphatic rings. The molecule has 1 heterocycles. The summed E-state index contributed by atoms with van der Waals surface area (Å²) >= 11 is 0. The SMILES string of the molecule is CC(C)C[C@H]1C(=O)O[C@H](Cc2ccc(O)cc2)C(=O)N(C)[C@@H](CC(C)C)C(=O)O[C@H](C)C(=O)N(C)[C@@H](CC(C)C)C(=O)O[C@H](Cc2ccc(O)cc2)C(=O)N(C)[C@@H](CC(C)C)C(=O)O[C@H](C)C(=O)N1C. The fraction of sp³-hybridized carbons (Fsp3) is 0.615. The van der Waals surface area contributed by atoms with E-state index in [1.165, 1.54) is 66.3 Å². The molecular weight excluding hydrogens is 905 g/mol. The number of ether oxygens (including phenoxy) is 4. The van der Waals surface area contributed by atoms with E-state index >= 15 is 0 Å². The number of nitrogens with zero attached hydrogens (tertiary/aromatic N) is 4. The highest BCUT2D eigenvalue weighted by atomic mass is 16.6. The van der Waals surface area contributed by atoms with Crippen LogP contribution in [0.2, 0.25) is 0 Å². The molecule has 4 amide bonds. The molecule has 388 valence electrons. The third-order valence-corrected chi connectivity index (χ3v) is 12.2. The molecule has 2 aromatic rings. The van der Waals surface area contributed by atoms with Gasteiger partial charge >= 0.3 is 23.9 Å². The minimum absolute atomic E-state index is 0.0464. The molecule has 0 bridgehead atoms. The molecule has 0 aromatic heterocycles. The summed E-state index contributed by atoms with van der Waals surface area (Å²) in [5, 5.41) is 20.0. The molecule has 70 heavy (non-hydrogen) atoms. The summed E-state index contributed by atoms with van der Waals surface area (Å²) in [5.74, 6) is -7.86. The van der Waals surface area contributed by atoms with E-state index in [9.17, 15) is 48.6 Å². The summed E-state index contributed by atoms with van der Waals surface area (Å²) in [6, 6.07) is 6.56. The predicted octanol–water partition coefficient (Wildman–Crippen LogP) is 5.08. The molecule has 2 aromatic carbocycles. The molecule has 2 N–H and O–H groups in total. The summed E-state index contributed by atoms with van der Waals surface area (Å²) in [6.07, 6.45) is -6.29. The van der Waals surface area contributed by atoms with Gasteiger partial charge in [-0.3, -0.25) is 19.2 Å². The van der Waals surface area contributed by atoms with Crippen molar-refractivity contribution in [1.29, 1.82) is 0 Å². The van der Waals surface area contributed by atoms with Crippen molar-refractivity contribution < 1.29 is 67.5 Å². The quantitative estimate of drug-likeness (QED) is 0.209. The Hall–Kier alpha value is -6.20. The van der Waals surface area contributed by atoms with Crippen molar-refractivity contribution in [3.63, 3.8) is 0 Å². The van der Waals surface area contributed by atoms with Crippen LogP contribution in [0.25, 0.3) is 0 Å². The van der Waals surface area contributed by atoms with E-state index in [0.717, 1.165) is 19.6 Å². The number of hydrogen-bond acceptors (Lipinski definition) is 14. The average Bonchev–Trinajstić information content (AvgIpc) is 3.29. The number of carbonyl (C=O) groups excluding carboxylic acids is 8. The second-order valence-corrected chi connectivity index (χ2v) is 20.1. The van der Waals surface area contributed by atoms with Gasteiger partial charge in [0, 0.05) is 41.0 Å². The highest BCUT2D eigenvalue weighted by Gasteiger charge is 2.43. The minimum Gasteiger partial charge on any atom is -0.508 e. The van der Waals surface area contributed by atoms with Crippen LogP contribution in [0.1, 0.15) is 106 Å². The van der Waals surface area contributed by atoms with Crippen LogP contribution in [-0.2, 0) is 70.1 Å². The van der Waals surface area contributed by atoms with E-state index in [-0.39, 0.29) is 73.7 Å². The lowest BCUT2D eigenvalue weighted by atomic mass is 10.00. The lowest BCUT2D eigenvalue weighted by molar-refractivity contribution is -0.176. The Bertz CT molecular complexity index is 1960. The van der Waals surface area contributed by atoms with Gasteiger partial charge < -0.3 is 48.8 Å². The molecule has 1 fully saturated rings. The van der Waals surface area contributed by atoms with Crippen molar-refractivity contribution in [3.8, 4) is 11.5 Å². The summed E-state index contributed by atoms with van der Waals surface area (Å²) in [4.78, 5) is 119. The Morgan fingerprint density at radius 2 is 0.629 bits per heavy atom. The topological polar surface area (TPSA) is 227 Å². The second kappa shape index (κ2) is 26.1. The van der Waals surface area contributed by atoms with Gasteiger partial charge in [0.2, 0.25) is 0 Å². The fourth-order valence-corrected chi connectivity index (χ4v) is 8.17. The first-order valence-electron chi connectivity index (χ1n) is 24.1. The lowest BCUT2D eigenvalue weighted by Gasteiger charge is -2.35. The van der Waals surface area contributed by atoms with Gasteiger partial charge in [-0.25, -0.2) is 19.2 Å². The first-order chi connectivity index (χ1) is 32.6. The van der Waals surface area contributed by atoms with E-state index in [4.69, 9.17) is 18.9 Å². The Kier molecular flexibility index (Phi) is 21.7.